The molecule has 2 amide bonds. The lowest BCUT2D eigenvalue weighted by molar-refractivity contribution is 0.0430. The van der Waals surface area contributed by atoms with E-state index in [0.29, 0.717) is 22.5 Å². The minimum Gasteiger partial charge on any atom is -0.443 e. The van der Waals surface area contributed by atoms with E-state index >= 15 is 0 Å². The largest absolute Gasteiger partial charge is 0.443 e. The topological polar surface area (TPSA) is 68.2 Å². The molecule has 2 aromatic carbocycles. The molecule has 2 rings (SSSR count). The van der Waals surface area contributed by atoms with E-state index in [1.807, 2.05) is 0 Å². The summed E-state index contributed by atoms with van der Waals surface area (Å²) in [5, 5.41) is 0. The molecule has 0 N–H and O–H groups in total. The SMILES string of the molecule is Cc1cc(/N=C/c2ccc(F)cc2)cc(C)c1N(C(=O)OC(C)(C)C)C(=O)OC(C)(C)C. The van der Waals surface area contributed by atoms with E-state index in [-0.39, 0.29) is 5.82 Å². The summed E-state index contributed by atoms with van der Waals surface area (Å²) >= 11 is 0. The van der Waals surface area contributed by atoms with Crippen LogP contribution < -0.4 is 4.90 Å². The summed E-state index contributed by atoms with van der Waals surface area (Å²) in [6.07, 6.45) is -0.0201. The maximum absolute atomic E-state index is 13.1. The Balaban J connectivity index is 2.45. The van der Waals surface area contributed by atoms with Crippen LogP contribution >= 0.6 is 0 Å². The molecule has 0 aromatic heterocycles. The van der Waals surface area contributed by atoms with Gasteiger partial charge in [0, 0.05) is 6.21 Å². The molecule has 0 spiro atoms. The van der Waals surface area contributed by atoms with Crippen molar-refractivity contribution in [2.24, 2.45) is 4.99 Å². The van der Waals surface area contributed by atoms with Crippen molar-refractivity contribution in [1.29, 1.82) is 0 Å². The van der Waals surface area contributed by atoms with Crippen molar-refractivity contribution in [3.8, 4) is 0 Å². The minimum atomic E-state index is -0.819. The van der Waals surface area contributed by atoms with Gasteiger partial charge in [-0.05, 0) is 96.3 Å². The molecule has 0 heterocycles. The summed E-state index contributed by atoms with van der Waals surface area (Å²) < 4.78 is 24.0. The second-order valence-corrected chi connectivity index (χ2v) is 9.53. The third-order valence-corrected chi connectivity index (χ3v) is 4.08. The molecular formula is C25H31FN2O4. The number of hydrogen-bond donors (Lipinski definition) is 0. The third kappa shape index (κ3) is 7.18. The van der Waals surface area contributed by atoms with Gasteiger partial charge in [0.25, 0.3) is 0 Å². The summed E-state index contributed by atoms with van der Waals surface area (Å²) in [5.74, 6) is -0.317. The molecule has 0 saturated heterocycles. The van der Waals surface area contributed by atoms with Crippen molar-refractivity contribution < 1.29 is 23.5 Å². The van der Waals surface area contributed by atoms with Crippen LogP contribution in [0, 0.1) is 19.7 Å². The van der Waals surface area contributed by atoms with Crippen molar-refractivity contribution in [1.82, 2.24) is 0 Å². The van der Waals surface area contributed by atoms with E-state index in [0.717, 1.165) is 10.5 Å². The number of aliphatic imine (C=N–C) groups is 1. The second-order valence-electron chi connectivity index (χ2n) is 9.53. The van der Waals surface area contributed by atoms with Crippen LogP contribution in [0.1, 0.15) is 58.2 Å². The Hall–Kier alpha value is -3.22. The maximum atomic E-state index is 13.1. The molecule has 0 unspecified atom stereocenters. The van der Waals surface area contributed by atoms with Gasteiger partial charge >= 0.3 is 12.2 Å². The third-order valence-electron chi connectivity index (χ3n) is 4.08. The van der Waals surface area contributed by atoms with Gasteiger partial charge in [-0.15, -0.1) is 0 Å². The highest BCUT2D eigenvalue weighted by Crippen LogP contribution is 2.32. The van der Waals surface area contributed by atoms with E-state index < -0.39 is 23.4 Å². The fraction of sp³-hybridized carbons (Fsp3) is 0.400. The zero-order valence-corrected chi connectivity index (χ0v) is 19.9. The monoisotopic (exact) mass is 442 g/mol. The molecule has 0 fully saturated rings. The number of carbonyl (C=O) groups is 2. The summed E-state index contributed by atoms with van der Waals surface area (Å²) in [6, 6.07) is 9.48. The van der Waals surface area contributed by atoms with Gasteiger partial charge in [0.05, 0.1) is 11.4 Å². The number of hydrogen-bond acceptors (Lipinski definition) is 5. The van der Waals surface area contributed by atoms with E-state index in [1.54, 1.807) is 85.9 Å². The Bertz CT molecular complexity index is 965. The Morgan fingerprint density at radius 1 is 0.875 bits per heavy atom. The predicted octanol–water partition coefficient (Wildman–Crippen LogP) is 6.87. The molecule has 0 radical (unpaired) electrons. The first-order valence-corrected chi connectivity index (χ1v) is 10.3. The minimum absolute atomic E-state index is 0.317. The lowest BCUT2D eigenvalue weighted by Gasteiger charge is -2.30. The number of carbonyl (C=O) groups excluding carboxylic acids is 2. The number of halogens is 1. The second kappa shape index (κ2) is 9.51. The Morgan fingerprint density at radius 3 is 1.72 bits per heavy atom. The van der Waals surface area contributed by atoms with Gasteiger partial charge in [0.1, 0.15) is 17.0 Å². The highest BCUT2D eigenvalue weighted by Gasteiger charge is 2.34. The van der Waals surface area contributed by atoms with Crippen molar-refractivity contribution >= 4 is 29.8 Å². The average Bonchev–Trinajstić information content (AvgIpc) is 2.61. The van der Waals surface area contributed by atoms with Gasteiger partial charge in [-0.3, -0.25) is 4.99 Å². The Kier molecular flexibility index (Phi) is 7.44. The normalized spacial score (nSPS) is 12.0. The lowest BCUT2D eigenvalue weighted by Crippen LogP contribution is -2.44. The molecule has 0 aliphatic carbocycles. The first kappa shape index (κ1) is 25.0. The van der Waals surface area contributed by atoms with Crippen molar-refractivity contribution in [2.75, 3.05) is 4.90 Å². The number of nitrogens with zero attached hydrogens (tertiary/aromatic N) is 2. The molecule has 0 atom stereocenters. The lowest BCUT2D eigenvalue weighted by atomic mass is 10.1. The highest BCUT2D eigenvalue weighted by atomic mass is 19.1. The quantitative estimate of drug-likeness (QED) is 0.487. The number of benzene rings is 2. The molecule has 172 valence electrons. The first-order chi connectivity index (χ1) is 14.7. The summed E-state index contributed by atoms with van der Waals surface area (Å²) in [5.41, 5.74) is 1.46. The molecule has 0 bridgehead atoms. The number of amides is 2. The number of imide groups is 1. The van der Waals surface area contributed by atoms with Crippen molar-refractivity contribution in [3.63, 3.8) is 0 Å². The molecule has 0 saturated carbocycles. The number of ether oxygens (including phenoxy) is 2. The number of aryl methyl sites for hydroxylation is 2. The van der Waals surface area contributed by atoms with Crippen LogP contribution in [0.15, 0.2) is 41.4 Å². The number of anilines is 1. The van der Waals surface area contributed by atoms with E-state index in [2.05, 4.69) is 4.99 Å². The highest BCUT2D eigenvalue weighted by molar-refractivity contribution is 6.10. The molecular weight excluding hydrogens is 411 g/mol. The van der Waals surface area contributed by atoms with Crippen LogP contribution in [0.25, 0.3) is 0 Å². The van der Waals surface area contributed by atoms with E-state index in [9.17, 15) is 14.0 Å². The van der Waals surface area contributed by atoms with Gasteiger partial charge in [0.2, 0.25) is 0 Å². The standard InChI is InChI=1S/C25H31FN2O4/c1-16-13-20(27-15-18-9-11-19(26)12-10-18)14-17(2)21(16)28(22(29)31-24(3,4)5)23(30)32-25(6,7)8/h9-15H,1-8H3/b27-15+. The van der Waals surface area contributed by atoms with Gasteiger partial charge < -0.3 is 9.47 Å². The van der Waals surface area contributed by atoms with Crippen LogP contribution in [0.4, 0.5) is 25.4 Å². The van der Waals surface area contributed by atoms with Crippen molar-refractivity contribution in [3.05, 3.63) is 58.9 Å². The summed E-state index contributed by atoms with van der Waals surface area (Å²) in [7, 11) is 0. The number of rotatable bonds is 3. The molecule has 7 heteroatoms. The van der Waals surface area contributed by atoms with Gasteiger partial charge in [-0.25, -0.2) is 14.0 Å². The molecule has 0 aliphatic rings. The first-order valence-electron chi connectivity index (χ1n) is 10.3. The maximum Gasteiger partial charge on any atom is 0.424 e. The predicted molar refractivity (Wildman–Crippen MR) is 125 cm³/mol. The smallest absolute Gasteiger partial charge is 0.424 e. The van der Waals surface area contributed by atoms with Gasteiger partial charge in [0.15, 0.2) is 0 Å². The molecule has 2 aromatic rings. The Labute approximate surface area is 189 Å². The van der Waals surface area contributed by atoms with Crippen molar-refractivity contribution in [2.45, 2.75) is 66.6 Å². The fourth-order valence-corrected chi connectivity index (χ4v) is 2.93. The average molecular weight is 443 g/mol. The van der Waals surface area contributed by atoms with Crippen LogP contribution in [-0.2, 0) is 9.47 Å². The molecule has 32 heavy (non-hydrogen) atoms. The van der Waals surface area contributed by atoms with Crippen LogP contribution in [-0.4, -0.2) is 29.6 Å². The van der Waals surface area contributed by atoms with Crippen LogP contribution in [0.2, 0.25) is 0 Å². The van der Waals surface area contributed by atoms with Gasteiger partial charge in [-0.2, -0.15) is 4.90 Å². The Morgan fingerprint density at radius 2 is 1.31 bits per heavy atom. The molecule has 0 aliphatic heterocycles. The van der Waals surface area contributed by atoms with Crippen LogP contribution in [0.5, 0.6) is 0 Å². The zero-order chi connectivity index (χ0) is 24.3. The fourth-order valence-electron chi connectivity index (χ4n) is 2.93. The van der Waals surface area contributed by atoms with Crippen LogP contribution in [0.3, 0.4) is 0 Å². The van der Waals surface area contributed by atoms with Gasteiger partial charge in [-0.1, -0.05) is 12.1 Å². The summed E-state index contributed by atoms with van der Waals surface area (Å²) in [6.45, 7) is 13.9. The van der Waals surface area contributed by atoms with E-state index in [4.69, 9.17) is 9.47 Å². The summed E-state index contributed by atoms with van der Waals surface area (Å²) in [4.78, 5) is 31.3. The molecule has 6 nitrogen and oxygen atoms in total. The zero-order valence-electron chi connectivity index (χ0n) is 19.9. The van der Waals surface area contributed by atoms with E-state index in [1.165, 1.54) is 12.1 Å².